The maximum Gasteiger partial charge on any atom is 0.414 e. The molecule has 0 aliphatic rings. The summed E-state index contributed by atoms with van der Waals surface area (Å²) in [6, 6.07) is 17.5. The number of rotatable bonds is 25. The van der Waals surface area contributed by atoms with Gasteiger partial charge in [-0.3, -0.25) is 30.1 Å². The Morgan fingerprint density at radius 3 is 1.81 bits per heavy atom. The molecule has 0 saturated heterocycles. The topological polar surface area (TPSA) is 382 Å². The lowest BCUT2D eigenvalue weighted by Crippen LogP contribution is -2.54. The second-order valence-corrected chi connectivity index (χ2v) is 17.5. The minimum Gasteiger partial charge on any atom is -0.444 e. The average molecular weight is 970 g/mol. The molecule has 0 spiro atoms. The number of aryl methyl sites for hydroxylation is 2. The van der Waals surface area contributed by atoms with Gasteiger partial charge in [0.25, 0.3) is 5.91 Å². The maximum atomic E-state index is 13.1. The molecule has 23 nitrogen and oxygen atoms in total. The van der Waals surface area contributed by atoms with Crippen LogP contribution in [0.5, 0.6) is 0 Å². The van der Waals surface area contributed by atoms with E-state index in [-0.39, 0.29) is 49.4 Å². The van der Waals surface area contributed by atoms with E-state index >= 15 is 0 Å². The van der Waals surface area contributed by atoms with Crippen molar-refractivity contribution in [3.8, 4) is 11.1 Å². The van der Waals surface area contributed by atoms with Crippen LogP contribution in [0.3, 0.4) is 0 Å². The van der Waals surface area contributed by atoms with Crippen LogP contribution in [0.25, 0.3) is 22.3 Å². The molecule has 0 unspecified atom stereocenters. The standard InChI is InChI=1S/C46H67N9O14/c1-46(2,3)69-45(68)54-44(53-43(67)36-41(47)52-42-30(51-36)17-19-49-42)50-18-5-4-6-26-7-12-28(13-8-26)29-14-9-27(10-15-29)11-16-35(62)48-20-21-55(22-31(58)37(63)39(65)33(60)24-56)23-32(59)38(64)40(66)34(61)25-57/h7-10,12-15,17,19,31-34,37-40,56-61,63-66H,4-6,11,16,18,20-25H2,1-3H3,(H,48,62)(H3,47,49,52)(H2,50,53,54,67,68)/t31-,32-,33+,34+,37+,38+,39+,40+/m0/s1. The fourth-order valence-corrected chi connectivity index (χ4v) is 6.92. The van der Waals surface area contributed by atoms with E-state index in [2.05, 4.69) is 35.9 Å². The first-order valence-corrected chi connectivity index (χ1v) is 22.5. The number of benzene rings is 2. The van der Waals surface area contributed by atoms with Crippen LogP contribution in [0.15, 0.2) is 65.8 Å². The summed E-state index contributed by atoms with van der Waals surface area (Å²) in [7, 11) is 0. The van der Waals surface area contributed by atoms with Crippen LogP contribution in [0.4, 0.5) is 10.6 Å². The molecule has 4 aromatic rings. The number of amides is 3. The Morgan fingerprint density at radius 1 is 0.739 bits per heavy atom. The first-order valence-electron chi connectivity index (χ1n) is 22.5. The lowest BCUT2D eigenvalue weighted by Gasteiger charge is -2.33. The van der Waals surface area contributed by atoms with Gasteiger partial charge in [0.15, 0.2) is 17.2 Å². The van der Waals surface area contributed by atoms with E-state index in [9.17, 15) is 55.2 Å². The van der Waals surface area contributed by atoms with Crippen LogP contribution >= 0.6 is 0 Å². The number of alkyl carbamates (subject to hydrolysis) is 1. The number of aromatic amines is 1. The van der Waals surface area contributed by atoms with Crippen LogP contribution in [-0.4, -0.2) is 195 Å². The number of nitrogen functional groups attached to an aromatic ring is 1. The van der Waals surface area contributed by atoms with Crippen LogP contribution in [0.1, 0.15) is 61.6 Å². The van der Waals surface area contributed by atoms with Gasteiger partial charge in [-0.2, -0.15) is 0 Å². The van der Waals surface area contributed by atoms with Gasteiger partial charge in [-0.15, -0.1) is 0 Å². The van der Waals surface area contributed by atoms with E-state index in [0.717, 1.165) is 35.1 Å². The molecule has 0 aliphatic heterocycles. The number of aliphatic hydroxyl groups is 10. The molecule has 2 heterocycles. The van der Waals surface area contributed by atoms with E-state index in [1.165, 1.54) is 4.90 Å². The third kappa shape index (κ3) is 18.0. The van der Waals surface area contributed by atoms with Crippen molar-refractivity contribution < 1.29 is 70.2 Å². The highest BCUT2D eigenvalue weighted by molar-refractivity contribution is 6.10. The third-order valence-corrected chi connectivity index (χ3v) is 10.8. The Labute approximate surface area is 398 Å². The minimum atomic E-state index is -1.93. The molecule has 23 heteroatoms. The Hall–Kier alpha value is -5.70. The number of unbranched alkanes of at least 4 members (excludes halogenated alkanes) is 1. The van der Waals surface area contributed by atoms with Gasteiger partial charge in [0.2, 0.25) is 11.9 Å². The van der Waals surface area contributed by atoms with Gasteiger partial charge >= 0.3 is 6.09 Å². The number of hydrogen-bond acceptors (Lipinski definition) is 19. The lowest BCUT2D eigenvalue weighted by molar-refractivity contribution is -0.130. The second-order valence-electron chi connectivity index (χ2n) is 17.5. The fraction of sp³-hybridized carbons (Fsp3) is 0.522. The molecule has 380 valence electrons. The van der Waals surface area contributed by atoms with Crippen LogP contribution in [0.2, 0.25) is 0 Å². The molecule has 2 aromatic heterocycles. The zero-order valence-electron chi connectivity index (χ0n) is 38.8. The summed E-state index contributed by atoms with van der Waals surface area (Å²) in [5, 5.41) is 107. The summed E-state index contributed by atoms with van der Waals surface area (Å²) in [6.45, 7) is 2.62. The van der Waals surface area contributed by atoms with Crippen molar-refractivity contribution in [1.29, 1.82) is 0 Å². The zero-order valence-corrected chi connectivity index (χ0v) is 38.8. The Morgan fingerprint density at radius 2 is 1.28 bits per heavy atom. The van der Waals surface area contributed by atoms with Gasteiger partial charge in [0, 0.05) is 45.3 Å². The van der Waals surface area contributed by atoms with E-state index in [1.807, 2.05) is 48.5 Å². The van der Waals surface area contributed by atoms with Crippen molar-refractivity contribution in [2.75, 3.05) is 51.7 Å². The predicted octanol–water partition coefficient (Wildman–Crippen LogP) is -1.94. The number of nitrogens with zero attached hydrogens (tertiary/aromatic N) is 4. The molecule has 4 rings (SSSR count). The average Bonchev–Trinajstić information content (AvgIpc) is 3.78. The van der Waals surface area contributed by atoms with Crippen molar-refractivity contribution in [3.05, 3.63) is 77.6 Å². The molecule has 0 saturated carbocycles. The number of hydrogen-bond donors (Lipinski definition) is 15. The van der Waals surface area contributed by atoms with Crippen molar-refractivity contribution in [2.24, 2.45) is 4.99 Å². The highest BCUT2D eigenvalue weighted by Crippen LogP contribution is 2.22. The monoisotopic (exact) mass is 969 g/mol. The number of aliphatic imine (C=N–C) groups is 1. The van der Waals surface area contributed by atoms with Gasteiger partial charge in [0.1, 0.15) is 47.7 Å². The number of nitrogens with one attached hydrogen (secondary N) is 4. The van der Waals surface area contributed by atoms with Gasteiger partial charge < -0.3 is 71.8 Å². The van der Waals surface area contributed by atoms with E-state index < -0.39 is 92.7 Å². The van der Waals surface area contributed by atoms with Crippen molar-refractivity contribution in [1.82, 2.24) is 35.8 Å². The molecule has 3 amide bonds. The summed E-state index contributed by atoms with van der Waals surface area (Å²) in [4.78, 5) is 55.5. The SMILES string of the molecule is CC(C)(C)OC(=O)NC(=NCCCCc1ccc(-c2ccc(CCC(=O)NCCN(C[C@H](O)[C@@H](O)[C@H](O)[C@H](O)CO)C[C@H](O)[C@@H](O)[C@H](O)[C@H](O)CO)cc2)cc1)NC(=O)c1nc2cc[nH]c2nc1N. The number of nitrogens with two attached hydrogens (primary N) is 1. The minimum absolute atomic E-state index is 0.0231. The number of anilines is 1. The Bertz CT molecular complexity index is 2230. The highest BCUT2D eigenvalue weighted by Gasteiger charge is 2.34. The van der Waals surface area contributed by atoms with E-state index in [1.54, 1.807) is 33.0 Å². The summed E-state index contributed by atoms with van der Waals surface area (Å²) < 4.78 is 5.34. The largest absolute Gasteiger partial charge is 0.444 e. The molecular formula is C46H67N9O14. The summed E-state index contributed by atoms with van der Waals surface area (Å²) in [6.07, 6.45) is -11.2. The molecule has 8 atom stereocenters. The lowest BCUT2D eigenvalue weighted by atomic mass is 9.99. The van der Waals surface area contributed by atoms with E-state index in [0.29, 0.717) is 24.0 Å². The highest BCUT2D eigenvalue weighted by atomic mass is 16.6. The molecule has 0 bridgehead atoms. The Balaban J connectivity index is 1.25. The predicted molar refractivity (Wildman–Crippen MR) is 252 cm³/mol. The molecule has 16 N–H and O–H groups in total. The van der Waals surface area contributed by atoms with Crippen molar-refractivity contribution >= 4 is 40.8 Å². The number of ether oxygens (including phenoxy) is 1. The van der Waals surface area contributed by atoms with Gasteiger partial charge in [-0.1, -0.05) is 48.5 Å². The second kappa shape index (κ2) is 26.9. The van der Waals surface area contributed by atoms with Crippen LogP contribution in [0, 0.1) is 0 Å². The smallest absolute Gasteiger partial charge is 0.414 e. The number of H-pyrrole nitrogens is 1. The molecule has 0 aliphatic carbocycles. The maximum absolute atomic E-state index is 13.1. The first-order chi connectivity index (χ1) is 32.7. The Kier molecular flexibility index (Phi) is 21.8. The molecule has 0 radical (unpaired) electrons. The number of aliphatic hydroxyl groups excluding tert-OH is 10. The van der Waals surface area contributed by atoms with Gasteiger partial charge in [-0.05, 0) is 74.8 Å². The van der Waals surface area contributed by atoms with Gasteiger partial charge in [-0.25, -0.2) is 14.8 Å². The first kappa shape index (κ1) is 55.9. The molecule has 2 aromatic carbocycles. The number of carbonyl (C=O) groups is 3. The number of aromatic nitrogens is 3. The normalized spacial score (nSPS) is 15.7. The summed E-state index contributed by atoms with van der Waals surface area (Å²) in [5.41, 5.74) is 9.87. The summed E-state index contributed by atoms with van der Waals surface area (Å²) in [5.74, 6) is -1.25. The quantitative estimate of drug-likeness (QED) is 0.0195. The van der Waals surface area contributed by atoms with E-state index in [4.69, 9.17) is 20.7 Å². The number of fused-ring (bicyclic) bond motifs is 1. The molecule has 69 heavy (non-hydrogen) atoms. The molecule has 0 fully saturated rings. The molecular weight excluding hydrogens is 903 g/mol. The summed E-state index contributed by atoms with van der Waals surface area (Å²) >= 11 is 0. The number of guanidine groups is 1. The van der Waals surface area contributed by atoms with Crippen LogP contribution < -0.4 is 21.7 Å². The fourth-order valence-electron chi connectivity index (χ4n) is 6.92. The third-order valence-electron chi connectivity index (χ3n) is 10.8. The van der Waals surface area contributed by atoms with Crippen LogP contribution in [-0.2, 0) is 22.4 Å². The number of carbonyl (C=O) groups excluding carboxylic acids is 3. The van der Waals surface area contributed by atoms with Crippen molar-refractivity contribution in [3.63, 3.8) is 0 Å². The van der Waals surface area contributed by atoms with Crippen molar-refractivity contribution in [2.45, 2.75) is 107 Å². The van der Waals surface area contributed by atoms with Gasteiger partial charge in [0.05, 0.1) is 25.4 Å². The zero-order chi connectivity index (χ0) is 50.8.